The maximum Gasteiger partial charge on any atom is 0.267 e. The van der Waals surface area contributed by atoms with E-state index in [9.17, 15) is 4.79 Å². The van der Waals surface area contributed by atoms with Crippen molar-refractivity contribution in [2.75, 3.05) is 6.54 Å². The van der Waals surface area contributed by atoms with E-state index in [2.05, 4.69) is 21.8 Å². The molecule has 0 N–H and O–H groups in total. The number of nitrogens with zero attached hydrogens (tertiary/aromatic N) is 4. The predicted molar refractivity (Wildman–Crippen MR) is 100 cm³/mol. The highest BCUT2D eigenvalue weighted by Crippen LogP contribution is 2.34. The van der Waals surface area contributed by atoms with Crippen LogP contribution in [0.15, 0.2) is 46.8 Å². The number of aromatic nitrogens is 2. The van der Waals surface area contributed by atoms with Crippen molar-refractivity contribution in [3.8, 4) is 0 Å². The Morgan fingerprint density at radius 3 is 2.83 bits per heavy atom. The van der Waals surface area contributed by atoms with Crippen molar-refractivity contribution in [3.05, 3.63) is 58.0 Å². The Morgan fingerprint density at radius 2 is 2.17 bits per heavy atom. The van der Waals surface area contributed by atoms with E-state index in [0.717, 1.165) is 16.1 Å². The molecule has 24 heavy (non-hydrogen) atoms. The number of aliphatic imine (C=N–C) groups is 1. The van der Waals surface area contributed by atoms with Crippen LogP contribution in [0.5, 0.6) is 0 Å². The lowest BCUT2D eigenvalue weighted by atomic mass is 10.1. The summed E-state index contributed by atoms with van der Waals surface area (Å²) >= 11 is 2.75. The smallest absolute Gasteiger partial charge is 0.267 e. The molecule has 0 bridgehead atoms. The highest BCUT2D eigenvalue weighted by Gasteiger charge is 2.32. The van der Waals surface area contributed by atoms with Gasteiger partial charge in [0.1, 0.15) is 5.01 Å². The molecular weight excluding hydrogens is 340 g/mol. The maximum absolute atomic E-state index is 12.7. The monoisotopic (exact) mass is 356 g/mol. The van der Waals surface area contributed by atoms with Crippen LogP contribution in [0.25, 0.3) is 6.08 Å². The van der Waals surface area contributed by atoms with E-state index >= 15 is 0 Å². The van der Waals surface area contributed by atoms with Crippen LogP contribution in [-0.4, -0.2) is 32.7 Å². The molecule has 0 radical (unpaired) electrons. The number of amidine groups is 1. The molecule has 1 aliphatic heterocycles. The van der Waals surface area contributed by atoms with Gasteiger partial charge in [0.25, 0.3) is 5.91 Å². The highest BCUT2D eigenvalue weighted by molar-refractivity contribution is 8.18. The molecular formula is C17H16N4OS2. The summed E-state index contributed by atoms with van der Waals surface area (Å²) in [5, 5.41) is 9.96. The fraction of sp³-hybridized carbons (Fsp3) is 0.176. The third-order valence-corrected chi connectivity index (χ3v) is 4.99. The van der Waals surface area contributed by atoms with Gasteiger partial charge in [0.05, 0.1) is 4.91 Å². The van der Waals surface area contributed by atoms with Crippen LogP contribution in [0.4, 0.5) is 5.13 Å². The molecule has 0 unspecified atom stereocenters. The van der Waals surface area contributed by atoms with Crippen molar-refractivity contribution in [2.24, 2.45) is 4.99 Å². The summed E-state index contributed by atoms with van der Waals surface area (Å²) in [6.45, 7) is 8.03. The SMILES string of the molecule is C=CCN1C(=O)/C(=C\c2cccc(C)c2)SC1=Nc1nnc(C)s1. The van der Waals surface area contributed by atoms with Gasteiger partial charge in [-0.05, 0) is 37.2 Å². The predicted octanol–water partition coefficient (Wildman–Crippen LogP) is 3.94. The largest absolute Gasteiger partial charge is 0.282 e. The Hall–Kier alpha value is -2.25. The molecule has 1 aromatic carbocycles. The lowest BCUT2D eigenvalue weighted by Crippen LogP contribution is -2.29. The first-order valence-corrected chi connectivity index (χ1v) is 8.98. The van der Waals surface area contributed by atoms with E-state index in [1.54, 1.807) is 11.0 Å². The summed E-state index contributed by atoms with van der Waals surface area (Å²) in [6.07, 6.45) is 3.58. The van der Waals surface area contributed by atoms with Crippen molar-refractivity contribution >= 4 is 45.4 Å². The number of carbonyl (C=O) groups is 1. The second-order valence-electron chi connectivity index (χ2n) is 5.23. The zero-order valence-corrected chi connectivity index (χ0v) is 15.0. The highest BCUT2D eigenvalue weighted by atomic mass is 32.2. The Morgan fingerprint density at radius 1 is 1.33 bits per heavy atom. The molecule has 0 aliphatic carbocycles. The molecule has 2 heterocycles. The third-order valence-electron chi connectivity index (χ3n) is 3.25. The molecule has 1 aliphatic rings. The molecule has 1 amide bonds. The number of aryl methyl sites for hydroxylation is 2. The van der Waals surface area contributed by atoms with Crippen LogP contribution in [0, 0.1) is 13.8 Å². The molecule has 5 nitrogen and oxygen atoms in total. The molecule has 0 saturated carbocycles. The molecule has 122 valence electrons. The number of thioether (sulfide) groups is 1. The van der Waals surface area contributed by atoms with Gasteiger partial charge >= 0.3 is 0 Å². The van der Waals surface area contributed by atoms with Crippen molar-refractivity contribution < 1.29 is 4.79 Å². The molecule has 0 atom stereocenters. The van der Waals surface area contributed by atoms with Gasteiger partial charge in [-0.25, -0.2) is 0 Å². The van der Waals surface area contributed by atoms with Gasteiger partial charge in [-0.15, -0.1) is 16.8 Å². The number of rotatable bonds is 4. The van der Waals surface area contributed by atoms with Crippen molar-refractivity contribution in [2.45, 2.75) is 13.8 Å². The number of hydrogen-bond acceptors (Lipinski definition) is 6. The first kappa shape index (κ1) is 16.6. The van der Waals surface area contributed by atoms with E-state index in [4.69, 9.17) is 0 Å². The Labute approximate surface area is 148 Å². The van der Waals surface area contributed by atoms with E-state index < -0.39 is 0 Å². The molecule has 2 aromatic rings. The van der Waals surface area contributed by atoms with Gasteiger partial charge in [0.2, 0.25) is 5.13 Å². The fourth-order valence-corrected chi connectivity index (χ4v) is 3.81. The minimum absolute atomic E-state index is 0.0682. The molecule has 7 heteroatoms. The molecule has 1 aromatic heterocycles. The number of amides is 1. The van der Waals surface area contributed by atoms with Gasteiger partial charge in [0.15, 0.2) is 5.17 Å². The quantitative estimate of drug-likeness (QED) is 0.615. The van der Waals surface area contributed by atoms with E-state index in [1.165, 1.54) is 23.1 Å². The number of hydrogen-bond donors (Lipinski definition) is 0. The average Bonchev–Trinajstić information content (AvgIpc) is 3.07. The zero-order valence-electron chi connectivity index (χ0n) is 13.4. The molecule has 0 spiro atoms. The summed E-state index contributed by atoms with van der Waals surface area (Å²) in [5.41, 5.74) is 2.15. The van der Waals surface area contributed by atoms with Crippen LogP contribution < -0.4 is 0 Å². The first-order valence-electron chi connectivity index (χ1n) is 7.34. The van der Waals surface area contributed by atoms with Crippen LogP contribution >= 0.6 is 23.1 Å². The molecule has 1 fully saturated rings. The topological polar surface area (TPSA) is 58.5 Å². The lowest BCUT2D eigenvalue weighted by Gasteiger charge is -2.11. The second-order valence-corrected chi connectivity index (χ2v) is 7.40. The standard InChI is InChI=1S/C17H16N4OS2/c1-4-8-21-15(22)14(10-13-7-5-6-11(2)9-13)24-17(21)18-16-20-19-12(3)23-16/h4-7,9-10H,1,8H2,2-3H3/b14-10+,18-17?. The average molecular weight is 356 g/mol. The minimum Gasteiger partial charge on any atom is -0.282 e. The number of carbonyl (C=O) groups excluding carboxylic acids is 1. The molecule has 3 rings (SSSR count). The van der Waals surface area contributed by atoms with Gasteiger partial charge in [-0.1, -0.05) is 47.2 Å². The Bertz CT molecular complexity index is 854. The lowest BCUT2D eigenvalue weighted by molar-refractivity contribution is -0.121. The van der Waals surface area contributed by atoms with Crippen molar-refractivity contribution in [1.29, 1.82) is 0 Å². The van der Waals surface area contributed by atoms with Gasteiger partial charge in [-0.2, -0.15) is 4.99 Å². The summed E-state index contributed by atoms with van der Waals surface area (Å²) in [7, 11) is 0. The number of benzene rings is 1. The van der Waals surface area contributed by atoms with E-state index in [1.807, 2.05) is 44.2 Å². The zero-order chi connectivity index (χ0) is 17.1. The third kappa shape index (κ3) is 3.63. The van der Waals surface area contributed by atoms with Crippen LogP contribution in [0.1, 0.15) is 16.1 Å². The second kappa shape index (κ2) is 7.11. The van der Waals surface area contributed by atoms with Crippen LogP contribution in [-0.2, 0) is 4.79 Å². The summed E-state index contributed by atoms with van der Waals surface area (Å²) in [6, 6.07) is 8.03. The minimum atomic E-state index is -0.0682. The van der Waals surface area contributed by atoms with Crippen molar-refractivity contribution in [3.63, 3.8) is 0 Å². The van der Waals surface area contributed by atoms with Crippen LogP contribution in [0.2, 0.25) is 0 Å². The maximum atomic E-state index is 12.7. The van der Waals surface area contributed by atoms with Gasteiger partial charge in [0, 0.05) is 6.54 Å². The normalized spacial score (nSPS) is 17.9. The summed E-state index contributed by atoms with van der Waals surface area (Å²) in [5.74, 6) is -0.0682. The fourth-order valence-electron chi connectivity index (χ4n) is 2.21. The summed E-state index contributed by atoms with van der Waals surface area (Å²) < 4.78 is 0. The summed E-state index contributed by atoms with van der Waals surface area (Å²) in [4.78, 5) is 19.4. The Kier molecular flexibility index (Phi) is 4.92. The van der Waals surface area contributed by atoms with Crippen LogP contribution in [0.3, 0.4) is 0 Å². The van der Waals surface area contributed by atoms with E-state index in [0.29, 0.717) is 21.7 Å². The first-order chi connectivity index (χ1) is 11.6. The van der Waals surface area contributed by atoms with E-state index in [-0.39, 0.29) is 5.91 Å². The van der Waals surface area contributed by atoms with Gasteiger partial charge < -0.3 is 0 Å². The van der Waals surface area contributed by atoms with Gasteiger partial charge in [-0.3, -0.25) is 9.69 Å². The Balaban J connectivity index is 1.95. The molecule has 1 saturated heterocycles. The van der Waals surface area contributed by atoms with Crippen molar-refractivity contribution in [1.82, 2.24) is 15.1 Å².